The summed E-state index contributed by atoms with van der Waals surface area (Å²) in [6.45, 7) is 1.69. The molecule has 1 unspecified atom stereocenters. The Balaban J connectivity index is 1.85. The molecule has 0 bridgehead atoms. The molecule has 6 nitrogen and oxygen atoms in total. The van der Waals surface area contributed by atoms with Crippen LogP contribution in [0.15, 0.2) is 35.4 Å². The van der Waals surface area contributed by atoms with E-state index in [0.717, 1.165) is 49.9 Å². The summed E-state index contributed by atoms with van der Waals surface area (Å²) in [5.41, 5.74) is 8.21. The van der Waals surface area contributed by atoms with Crippen LogP contribution in [0.3, 0.4) is 0 Å². The SMILES string of the molecule is N#Cc1c(SC(C(N)=O)c2ccccc2)nc(N2CCCC2)c(C#N)c1C1CC1. The van der Waals surface area contributed by atoms with Crippen molar-refractivity contribution >= 4 is 23.5 Å². The molecule has 2 fully saturated rings. The zero-order valence-corrected chi connectivity index (χ0v) is 16.8. The number of amides is 1. The van der Waals surface area contributed by atoms with Crippen LogP contribution in [-0.4, -0.2) is 24.0 Å². The van der Waals surface area contributed by atoms with Crippen LogP contribution in [0.1, 0.15) is 59.1 Å². The first kappa shape index (κ1) is 19.3. The minimum Gasteiger partial charge on any atom is -0.368 e. The first-order valence-corrected chi connectivity index (χ1v) is 10.7. The maximum atomic E-state index is 12.2. The molecular formula is C22H21N5OS. The molecule has 1 aliphatic carbocycles. The van der Waals surface area contributed by atoms with E-state index in [0.29, 0.717) is 22.0 Å². The molecule has 7 heteroatoms. The molecule has 2 heterocycles. The van der Waals surface area contributed by atoms with Crippen molar-refractivity contribution < 1.29 is 4.79 Å². The van der Waals surface area contributed by atoms with Crippen LogP contribution in [-0.2, 0) is 4.79 Å². The highest BCUT2D eigenvalue weighted by molar-refractivity contribution is 8.00. The number of carbonyl (C=O) groups excluding carboxylic acids is 1. The molecule has 29 heavy (non-hydrogen) atoms. The van der Waals surface area contributed by atoms with Crippen molar-refractivity contribution in [3.05, 3.63) is 52.6 Å². The second-order valence-electron chi connectivity index (χ2n) is 7.41. The van der Waals surface area contributed by atoms with E-state index in [1.165, 1.54) is 11.8 Å². The van der Waals surface area contributed by atoms with E-state index < -0.39 is 11.2 Å². The van der Waals surface area contributed by atoms with Gasteiger partial charge in [0.15, 0.2) is 0 Å². The standard InChI is InChI=1S/C22H21N5OS/c23-12-16-18(14-8-9-14)17(13-24)22(26-21(16)27-10-4-5-11-27)29-19(20(25)28)15-6-2-1-3-7-15/h1-3,6-7,14,19H,4-5,8-11H2,(H2,25,28). The lowest BCUT2D eigenvalue weighted by molar-refractivity contribution is -0.117. The highest BCUT2D eigenvalue weighted by Crippen LogP contribution is 2.48. The maximum absolute atomic E-state index is 12.2. The van der Waals surface area contributed by atoms with Crippen molar-refractivity contribution in [3.8, 4) is 12.1 Å². The Kier molecular flexibility index (Phi) is 5.42. The highest BCUT2D eigenvalue weighted by atomic mass is 32.2. The topological polar surface area (TPSA) is 107 Å². The van der Waals surface area contributed by atoms with Gasteiger partial charge >= 0.3 is 0 Å². The lowest BCUT2D eigenvalue weighted by Crippen LogP contribution is -2.23. The number of anilines is 1. The predicted molar refractivity (Wildman–Crippen MR) is 111 cm³/mol. The van der Waals surface area contributed by atoms with Crippen molar-refractivity contribution in [2.24, 2.45) is 5.73 Å². The van der Waals surface area contributed by atoms with E-state index in [2.05, 4.69) is 17.0 Å². The minimum atomic E-state index is -0.651. The fourth-order valence-corrected chi connectivity index (χ4v) is 4.89. The number of pyridine rings is 1. The van der Waals surface area contributed by atoms with Crippen LogP contribution in [0.4, 0.5) is 5.82 Å². The normalized spacial score (nSPS) is 16.8. The zero-order valence-electron chi connectivity index (χ0n) is 16.0. The number of aromatic nitrogens is 1. The summed E-state index contributed by atoms with van der Waals surface area (Å²) in [6.07, 6.45) is 4.05. The maximum Gasteiger partial charge on any atom is 0.235 e. The average molecular weight is 404 g/mol. The number of nitriles is 2. The van der Waals surface area contributed by atoms with Gasteiger partial charge in [-0.1, -0.05) is 42.1 Å². The van der Waals surface area contributed by atoms with Crippen LogP contribution in [0.25, 0.3) is 0 Å². The molecular weight excluding hydrogens is 382 g/mol. The molecule has 146 valence electrons. The Hall–Kier alpha value is -3.03. The first-order valence-electron chi connectivity index (χ1n) is 9.78. The van der Waals surface area contributed by atoms with E-state index in [1.807, 2.05) is 30.3 Å². The monoisotopic (exact) mass is 403 g/mol. The molecule has 0 radical (unpaired) electrons. The fourth-order valence-electron chi connectivity index (χ4n) is 3.84. The Bertz CT molecular complexity index is 1010. The number of carbonyl (C=O) groups is 1. The molecule has 2 aliphatic rings. The van der Waals surface area contributed by atoms with Gasteiger partial charge in [-0.15, -0.1) is 0 Å². The second-order valence-corrected chi connectivity index (χ2v) is 8.50. The molecule has 1 aliphatic heterocycles. The molecule has 1 aromatic carbocycles. The second kappa shape index (κ2) is 8.14. The van der Waals surface area contributed by atoms with E-state index >= 15 is 0 Å². The van der Waals surface area contributed by atoms with E-state index in [4.69, 9.17) is 10.7 Å². The number of hydrogen-bond acceptors (Lipinski definition) is 6. The van der Waals surface area contributed by atoms with Gasteiger partial charge in [-0.25, -0.2) is 4.98 Å². The quantitative estimate of drug-likeness (QED) is 0.738. The van der Waals surface area contributed by atoms with E-state index in [9.17, 15) is 15.3 Å². The summed E-state index contributed by atoms with van der Waals surface area (Å²) in [6, 6.07) is 13.9. The van der Waals surface area contributed by atoms with Crippen LogP contribution in [0.5, 0.6) is 0 Å². The molecule has 0 spiro atoms. The third-order valence-corrected chi connectivity index (χ3v) is 6.65. The molecule has 1 amide bonds. The minimum absolute atomic E-state index is 0.215. The van der Waals surface area contributed by atoms with Crippen molar-refractivity contribution in [3.63, 3.8) is 0 Å². The summed E-state index contributed by atoms with van der Waals surface area (Å²) in [5.74, 6) is 0.378. The van der Waals surface area contributed by atoms with Crippen LogP contribution in [0.2, 0.25) is 0 Å². The number of rotatable bonds is 6. The van der Waals surface area contributed by atoms with Crippen LogP contribution in [0, 0.1) is 22.7 Å². The summed E-state index contributed by atoms with van der Waals surface area (Å²) < 4.78 is 0. The third-order valence-electron chi connectivity index (χ3n) is 5.39. The van der Waals surface area contributed by atoms with Crippen LogP contribution < -0.4 is 10.6 Å². The molecule has 1 aromatic heterocycles. The molecule has 1 saturated heterocycles. The number of nitrogens with zero attached hydrogens (tertiary/aromatic N) is 4. The van der Waals surface area contributed by atoms with Gasteiger partial charge in [0, 0.05) is 13.1 Å². The molecule has 1 saturated carbocycles. The third kappa shape index (κ3) is 3.79. The molecule has 1 atom stereocenters. The summed E-state index contributed by atoms with van der Waals surface area (Å²) in [4.78, 5) is 19.1. The largest absolute Gasteiger partial charge is 0.368 e. The molecule has 2 aromatic rings. The van der Waals surface area contributed by atoms with Gasteiger partial charge in [0.25, 0.3) is 0 Å². The summed E-state index contributed by atoms with van der Waals surface area (Å²) in [7, 11) is 0. The zero-order chi connectivity index (χ0) is 20.4. The van der Waals surface area contributed by atoms with Gasteiger partial charge in [-0.05, 0) is 42.7 Å². The predicted octanol–water partition coefficient (Wildman–Crippen LogP) is 3.62. The molecule has 2 N–H and O–H groups in total. The first-order chi connectivity index (χ1) is 14.1. The van der Waals surface area contributed by atoms with Crippen molar-refractivity contribution in [2.75, 3.05) is 18.0 Å². The van der Waals surface area contributed by atoms with Crippen LogP contribution >= 0.6 is 11.8 Å². The van der Waals surface area contributed by atoms with Gasteiger partial charge < -0.3 is 10.6 Å². The van der Waals surface area contributed by atoms with Crippen molar-refractivity contribution in [1.82, 2.24) is 4.98 Å². The Labute approximate surface area is 174 Å². The van der Waals surface area contributed by atoms with Gasteiger partial charge in [0.2, 0.25) is 5.91 Å². The number of hydrogen-bond donors (Lipinski definition) is 1. The van der Waals surface area contributed by atoms with Gasteiger partial charge in [-0.2, -0.15) is 10.5 Å². The van der Waals surface area contributed by atoms with Crippen molar-refractivity contribution in [2.45, 2.75) is 41.9 Å². The number of nitrogens with two attached hydrogens (primary N) is 1. The van der Waals surface area contributed by atoms with E-state index in [1.54, 1.807) is 0 Å². The fraction of sp³-hybridized carbons (Fsp3) is 0.364. The number of thioether (sulfide) groups is 1. The lowest BCUT2D eigenvalue weighted by Gasteiger charge is -2.23. The van der Waals surface area contributed by atoms with Gasteiger partial charge in [0.1, 0.15) is 28.2 Å². The lowest BCUT2D eigenvalue weighted by atomic mass is 10.00. The number of primary amides is 1. The summed E-state index contributed by atoms with van der Waals surface area (Å²) >= 11 is 1.21. The Morgan fingerprint density at radius 1 is 1.14 bits per heavy atom. The van der Waals surface area contributed by atoms with Gasteiger partial charge in [0.05, 0.1) is 11.1 Å². The Morgan fingerprint density at radius 2 is 1.79 bits per heavy atom. The number of benzene rings is 1. The van der Waals surface area contributed by atoms with Crippen molar-refractivity contribution in [1.29, 1.82) is 10.5 Å². The van der Waals surface area contributed by atoms with E-state index in [-0.39, 0.29) is 5.92 Å². The molecule has 4 rings (SSSR count). The highest BCUT2D eigenvalue weighted by Gasteiger charge is 2.35. The summed E-state index contributed by atoms with van der Waals surface area (Å²) in [5, 5.41) is 19.7. The van der Waals surface area contributed by atoms with Gasteiger partial charge in [-0.3, -0.25) is 4.79 Å². The Morgan fingerprint density at radius 3 is 2.34 bits per heavy atom. The average Bonchev–Trinajstić information content (AvgIpc) is 3.44. The smallest absolute Gasteiger partial charge is 0.235 e.